The van der Waals surface area contributed by atoms with Crippen molar-refractivity contribution in [1.82, 2.24) is 10.2 Å². The van der Waals surface area contributed by atoms with E-state index in [0.29, 0.717) is 5.92 Å². The van der Waals surface area contributed by atoms with Gasteiger partial charge in [0.2, 0.25) is 5.91 Å². The van der Waals surface area contributed by atoms with Gasteiger partial charge in [-0.1, -0.05) is 55.8 Å². The van der Waals surface area contributed by atoms with E-state index in [1.54, 1.807) is 0 Å². The Morgan fingerprint density at radius 3 is 2.21 bits per heavy atom. The first kappa shape index (κ1) is 21.9. The molecule has 1 saturated heterocycles. The van der Waals surface area contributed by atoms with Gasteiger partial charge in [0.15, 0.2) is 0 Å². The van der Waals surface area contributed by atoms with E-state index in [-0.39, 0.29) is 17.9 Å². The summed E-state index contributed by atoms with van der Waals surface area (Å²) >= 11 is 6.01. The molecule has 0 radical (unpaired) electrons. The number of nitrogens with zero attached hydrogens (tertiary/aromatic N) is 1. The Labute approximate surface area is 180 Å². The third-order valence-corrected chi connectivity index (χ3v) is 6.48. The van der Waals surface area contributed by atoms with Crippen LogP contribution in [0.1, 0.15) is 54.9 Å². The average molecular weight is 413 g/mol. The van der Waals surface area contributed by atoms with Gasteiger partial charge in [0.05, 0.1) is 6.04 Å². The largest absolute Gasteiger partial charge is 0.341 e. The minimum atomic E-state index is -0.152. The number of hydrogen-bond acceptors (Lipinski definition) is 2. The van der Waals surface area contributed by atoms with Crippen LogP contribution in [-0.2, 0) is 11.3 Å². The molecule has 1 N–H and O–H groups in total. The van der Waals surface area contributed by atoms with Crippen molar-refractivity contribution in [1.29, 1.82) is 0 Å². The minimum absolute atomic E-state index is 0.152. The van der Waals surface area contributed by atoms with Crippen molar-refractivity contribution in [2.45, 2.75) is 59.0 Å². The van der Waals surface area contributed by atoms with Gasteiger partial charge in [0.25, 0.3) is 0 Å². The minimum Gasteiger partial charge on any atom is -0.341 e. The number of benzene rings is 2. The van der Waals surface area contributed by atoms with E-state index in [2.05, 4.69) is 68.2 Å². The number of piperidine rings is 1. The third-order valence-electron chi connectivity index (χ3n) is 6.22. The fourth-order valence-corrected chi connectivity index (χ4v) is 4.44. The summed E-state index contributed by atoms with van der Waals surface area (Å²) in [5.74, 6) is 0.998. The molecule has 0 aliphatic carbocycles. The van der Waals surface area contributed by atoms with Crippen LogP contribution < -0.4 is 5.32 Å². The molecule has 1 atom stereocenters. The Balaban J connectivity index is 1.60. The first-order valence-electron chi connectivity index (χ1n) is 10.7. The monoisotopic (exact) mass is 412 g/mol. The summed E-state index contributed by atoms with van der Waals surface area (Å²) in [4.78, 5) is 15.3. The fourth-order valence-electron chi connectivity index (χ4n) is 4.31. The molecular weight excluding hydrogens is 380 g/mol. The molecule has 1 aliphatic rings. The number of aryl methyl sites for hydroxylation is 2. The summed E-state index contributed by atoms with van der Waals surface area (Å²) in [5.41, 5.74) is 5.18. The standard InChI is InChI=1S/C25H33ClN2O/c1-17(2)24(27-16-23-18(3)6-5-7-19(23)4)25(29)28-14-12-21(13-15-28)20-8-10-22(26)11-9-20/h5-11,17,21,24,27H,12-16H2,1-4H3. The van der Waals surface area contributed by atoms with E-state index in [1.165, 1.54) is 22.3 Å². The first-order valence-corrected chi connectivity index (χ1v) is 11.1. The lowest BCUT2D eigenvalue weighted by molar-refractivity contribution is -0.135. The summed E-state index contributed by atoms with van der Waals surface area (Å²) in [6, 6.07) is 14.4. The summed E-state index contributed by atoms with van der Waals surface area (Å²) < 4.78 is 0. The molecule has 0 aromatic heterocycles. The van der Waals surface area contributed by atoms with Crippen molar-refractivity contribution < 1.29 is 4.79 Å². The maximum atomic E-state index is 13.3. The average Bonchev–Trinajstić information content (AvgIpc) is 2.70. The molecule has 1 amide bonds. The number of rotatable bonds is 6. The van der Waals surface area contributed by atoms with Gasteiger partial charge in [0.1, 0.15) is 0 Å². The molecule has 156 valence electrons. The number of carbonyl (C=O) groups excluding carboxylic acids is 1. The molecule has 29 heavy (non-hydrogen) atoms. The number of amides is 1. The molecule has 0 bridgehead atoms. The molecule has 3 rings (SSSR count). The summed E-state index contributed by atoms with van der Waals surface area (Å²) in [5, 5.41) is 4.33. The second kappa shape index (κ2) is 9.77. The fraction of sp³-hybridized carbons (Fsp3) is 0.480. The summed E-state index contributed by atoms with van der Waals surface area (Å²) in [6.07, 6.45) is 2.02. The van der Waals surface area contributed by atoms with Crippen LogP contribution in [0.2, 0.25) is 5.02 Å². The predicted octanol–water partition coefficient (Wildman–Crippen LogP) is 5.48. The van der Waals surface area contributed by atoms with Crippen LogP contribution in [0.4, 0.5) is 0 Å². The van der Waals surface area contributed by atoms with E-state index < -0.39 is 0 Å². The number of carbonyl (C=O) groups is 1. The molecule has 2 aromatic rings. The van der Waals surface area contributed by atoms with Gasteiger partial charge in [-0.2, -0.15) is 0 Å². The third kappa shape index (κ3) is 5.40. The van der Waals surface area contributed by atoms with E-state index in [4.69, 9.17) is 11.6 Å². The number of halogens is 1. The number of hydrogen-bond donors (Lipinski definition) is 1. The Morgan fingerprint density at radius 2 is 1.66 bits per heavy atom. The lowest BCUT2D eigenvalue weighted by Crippen LogP contribution is -2.51. The van der Waals surface area contributed by atoms with Gasteiger partial charge in [-0.15, -0.1) is 0 Å². The molecule has 1 heterocycles. The van der Waals surface area contributed by atoms with Gasteiger partial charge in [-0.05, 0) is 72.9 Å². The van der Waals surface area contributed by atoms with Crippen molar-refractivity contribution in [3.63, 3.8) is 0 Å². The molecule has 1 aliphatic heterocycles. The van der Waals surface area contributed by atoms with Crippen LogP contribution >= 0.6 is 11.6 Å². The molecule has 0 spiro atoms. The summed E-state index contributed by atoms with van der Waals surface area (Å²) in [6.45, 7) is 10.9. The molecular formula is C25H33ClN2O. The van der Waals surface area contributed by atoms with Crippen molar-refractivity contribution >= 4 is 17.5 Å². The van der Waals surface area contributed by atoms with Crippen molar-refractivity contribution in [2.24, 2.45) is 5.92 Å². The molecule has 2 aromatic carbocycles. The van der Waals surface area contributed by atoms with E-state index in [1.807, 2.05) is 12.1 Å². The van der Waals surface area contributed by atoms with Crippen LogP contribution in [-0.4, -0.2) is 29.9 Å². The molecule has 0 saturated carbocycles. The molecule has 1 fully saturated rings. The van der Waals surface area contributed by atoms with Crippen molar-refractivity contribution in [3.8, 4) is 0 Å². The quantitative estimate of drug-likeness (QED) is 0.681. The first-order chi connectivity index (χ1) is 13.9. The van der Waals surface area contributed by atoms with E-state index in [0.717, 1.165) is 37.5 Å². The highest BCUT2D eigenvalue weighted by atomic mass is 35.5. The second-order valence-corrected chi connectivity index (χ2v) is 9.06. The number of nitrogens with one attached hydrogen (secondary N) is 1. The van der Waals surface area contributed by atoms with Crippen LogP contribution in [0.3, 0.4) is 0 Å². The van der Waals surface area contributed by atoms with Crippen LogP contribution in [0.25, 0.3) is 0 Å². The zero-order valence-electron chi connectivity index (χ0n) is 18.0. The van der Waals surface area contributed by atoms with E-state index >= 15 is 0 Å². The second-order valence-electron chi connectivity index (χ2n) is 8.62. The lowest BCUT2D eigenvalue weighted by Gasteiger charge is -2.36. The zero-order valence-corrected chi connectivity index (χ0v) is 18.8. The van der Waals surface area contributed by atoms with Crippen LogP contribution in [0.15, 0.2) is 42.5 Å². The summed E-state index contributed by atoms with van der Waals surface area (Å²) in [7, 11) is 0. The smallest absolute Gasteiger partial charge is 0.239 e. The molecule has 1 unspecified atom stereocenters. The van der Waals surface area contributed by atoms with E-state index in [9.17, 15) is 4.79 Å². The zero-order chi connectivity index (χ0) is 21.0. The maximum Gasteiger partial charge on any atom is 0.239 e. The highest BCUT2D eigenvalue weighted by molar-refractivity contribution is 6.30. The van der Waals surface area contributed by atoms with Gasteiger partial charge in [-0.3, -0.25) is 4.79 Å². The Morgan fingerprint density at radius 1 is 1.07 bits per heavy atom. The Hall–Kier alpha value is -1.84. The SMILES string of the molecule is Cc1cccc(C)c1CNC(C(=O)N1CCC(c2ccc(Cl)cc2)CC1)C(C)C. The van der Waals surface area contributed by atoms with Crippen LogP contribution in [0.5, 0.6) is 0 Å². The topological polar surface area (TPSA) is 32.3 Å². The van der Waals surface area contributed by atoms with Crippen LogP contribution in [0, 0.1) is 19.8 Å². The Bertz CT molecular complexity index is 803. The normalized spacial score (nSPS) is 16.3. The maximum absolute atomic E-state index is 13.3. The van der Waals surface area contributed by atoms with Gasteiger partial charge in [0, 0.05) is 24.7 Å². The highest BCUT2D eigenvalue weighted by Crippen LogP contribution is 2.29. The van der Waals surface area contributed by atoms with Gasteiger partial charge >= 0.3 is 0 Å². The van der Waals surface area contributed by atoms with Crippen molar-refractivity contribution in [2.75, 3.05) is 13.1 Å². The number of likely N-dealkylation sites (tertiary alicyclic amines) is 1. The molecule has 3 nitrogen and oxygen atoms in total. The van der Waals surface area contributed by atoms with Gasteiger partial charge < -0.3 is 10.2 Å². The molecule has 4 heteroatoms. The van der Waals surface area contributed by atoms with Gasteiger partial charge in [-0.25, -0.2) is 0 Å². The lowest BCUT2D eigenvalue weighted by atomic mass is 9.89. The Kier molecular flexibility index (Phi) is 7.37. The predicted molar refractivity (Wildman–Crippen MR) is 121 cm³/mol. The van der Waals surface area contributed by atoms with Crippen molar-refractivity contribution in [3.05, 3.63) is 69.7 Å². The highest BCUT2D eigenvalue weighted by Gasteiger charge is 2.30.